The predicted octanol–water partition coefficient (Wildman–Crippen LogP) is 6.01. The number of anilines is 1. The Kier molecular flexibility index (Phi) is 6.90. The van der Waals surface area contributed by atoms with Crippen molar-refractivity contribution in [3.05, 3.63) is 88.6 Å². The van der Waals surface area contributed by atoms with Gasteiger partial charge in [-0.2, -0.15) is 0 Å². The van der Waals surface area contributed by atoms with Gasteiger partial charge in [0.2, 0.25) is 0 Å². The third kappa shape index (κ3) is 5.84. The number of thioether (sulfide) groups is 1. The molecule has 0 saturated heterocycles. The zero-order valence-electron chi connectivity index (χ0n) is 14.3. The van der Waals surface area contributed by atoms with Crippen LogP contribution in [0.3, 0.4) is 0 Å². The number of nitrogens with one attached hydrogen (secondary N) is 1. The average Bonchev–Trinajstić information content (AvgIpc) is 2.69. The molecule has 1 amide bonds. The van der Waals surface area contributed by atoms with Crippen LogP contribution in [-0.4, -0.2) is 18.3 Å². The van der Waals surface area contributed by atoms with E-state index in [1.807, 2.05) is 18.2 Å². The topological polar surface area (TPSA) is 38.3 Å². The first-order valence-corrected chi connectivity index (χ1v) is 10.1. The zero-order chi connectivity index (χ0) is 19.1. The highest BCUT2D eigenvalue weighted by Gasteiger charge is 2.10. The van der Waals surface area contributed by atoms with E-state index in [4.69, 9.17) is 4.74 Å². The summed E-state index contributed by atoms with van der Waals surface area (Å²) < 4.78 is 20.1. The molecule has 3 nitrogen and oxygen atoms in total. The molecule has 3 aromatic carbocycles. The molecule has 0 unspecified atom stereocenters. The molecule has 1 N–H and O–H groups in total. The highest BCUT2D eigenvalue weighted by Crippen LogP contribution is 2.21. The largest absolute Gasteiger partial charge is 0.493 e. The number of hydrogen-bond acceptors (Lipinski definition) is 3. The average molecular weight is 446 g/mol. The van der Waals surface area contributed by atoms with Crippen molar-refractivity contribution in [3.63, 3.8) is 0 Å². The number of rotatable bonds is 7. The molecule has 0 aliphatic rings. The van der Waals surface area contributed by atoms with E-state index in [0.29, 0.717) is 22.4 Å². The number of ether oxygens (including phenoxy) is 1. The van der Waals surface area contributed by atoms with E-state index in [1.165, 1.54) is 17.0 Å². The maximum absolute atomic E-state index is 13.8. The molecule has 0 fully saturated rings. The van der Waals surface area contributed by atoms with Crippen LogP contribution in [0.4, 0.5) is 10.1 Å². The van der Waals surface area contributed by atoms with Crippen molar-refractivity contribution in [2.75, 3.05) is 17.7 Å². The Bertz CT molecular complexity index is 904. The lowest BCUT2D eigenvalue weighted by Gasteiger charge is -2.09. The lowest BCUT2D eigenvalue weighted by molar-refractivity contribution is 0.102. The van der Waals surface area contributed by atoms with Crippen LogP contribution in [0, 0.1) is 5.82 Å². The van der Waals surface area contributed by atoms with E-state index < -0.39 is 5.82 Å². The van der Waals surface area contributed by atoms with Gasteiger partial charge in [0.25, 0.3) is 5.91 Å². The molecule has 0 saturated carbocycles. The van der Waals surface area contributed by atoms with Crippen molar-refractivity contribution in [1.29, 1.82) is 0 Å². The van der Waals surface area contributed by atoms with Gasteiger partial charge in [0, 0.05) is 20.7 Å². The number of halogens is 2. The fourth-order valence-corrected chi connectivity index (χ4v) is 3.41. The quantitative estimate of drug-likeness (QED) is 0.357. The van der Waals surface area contributed by atoms with Crippen LogP contribution in [0.5, 0.6) is 5.75 Å². The highest BCUT2D eigenvalue weighted by atomic mass is 79.9. The van der Waals surface area contributed by atoms with Gasteiger partial charge in [0.15, 0.2) is 0 Å². The molecule has 0 spiro atoms. The van der Waals surface area contributed by atoms with Crippen molar-refractivity contribution in [3.8, 4) is 5.75 Å². The first-order valence-electron chi connectivity index (χ1n) is 8.29. The minimum atomic E-state index is -0.492. The van der Waals surface area contributed by atoms with Crippen LogP contribution in [-0.2, 0) is 0 Å². The summed E-state index contributed by atoms with van der Waals surface area (Å²) in [5.74, 6) is 0.653. The molecule has 0 aliphatic heterocycles. The summed E-state index contributed by atoms with van der Waals surface area (Å²) in [6, 6.07) is 21.4. The molecule has 138 valence electrons. The summed E-state index contributed by atoms with van der Waals surface area (Å²) in [6.45, 7) is 0.565. The standard InChI is InChI=1S/C21H17BrFNO2S/c22-16-8-11-20(19(23)14-16)24-21(25)15-6-9-17(10-7-15)26-12-13-27-18-4-2-1-3-5-18/h1-11,14H,12-13H2,(H,24,25). The van der Waals surface area contributed by atoms with Crippen LogP contribution in [0.2, 0.25) is 0 Å². The Morgan fingerprint density at radius 2 is 1.78 bits per heavy atom. The Hall–Kier alpha value is -2.31. The van der Waals surface area contributed by atoms with E-state index >= 15 is 0 Å². The van der Waals surface area contributed by atoms with E-state index in [0.717, 1.165) is 5.75 Å². The third-order valence-corrected chi connectivity index (χ3v) is 5.13. The fourth-order valence-electron chi connectivity index (χ4n) is 2.32. The van der Waals surface area contributed by atoms with Gasteiger partial charge in [0.05, 0.1) is 12.3 Å². The lowest BCUT2D eigenvalue weighted by atomic mass is 10.2. The van der Waals surface area contributed by atoms with E-state index in [9.17, 15) is 9.18 Å². The molecular formula is C21H17BrFNO2S. The molecule has 0 aliphatic carbocycles. The number of carbonyl (C=O) groups excluding carboxylic acids is 1. The van der Waals surface area contributed by atoms with Crippen LogP contribution < -0.4 is 10.1 Å². The van der Waals surface area contributed by atoms with E-state index in [-0.39, 0.29) is 11.6 Å². The SMILES string of the molecule is O=C(Nc1ccc(Br)cc1F)c1ccc(OCCSc2ccccc2)cc1. The van der Waals surface area contributed by atoms with Crippen molar-refractivity contribution in [2.24, 2.45) is 0 Å². The normalized spacial score (nSPS) is 10.4. The molecule has 3 rings (SSSR count). The summed E-state index contributed by atoms with van der Waals surface area (Å²) in [4.78, 5) is 13.4. The Labute approximate surface area is 170 Å². The summed E-state index contributed by atoms with van der Waals surface area (Å²) in [5, 5.41) is 2.56. The molecule has 0 atom stereocenters. The van der Waals surface area contributed by atoms with Crippen LogP contribution >= 0.6 is 27.7 Å². The molecular weight excluding hydrogens is 429 g/mol. The van der Waals surface area contributed by atoms with Gasteiger partial charge in [0.1, 0.15) is 11.6 Å². The van der Waals surface area contributed by atoms with Gasteiger partial charge in [-0.3, -0.25) is 4.79 Å². The number of amides is 1. The third-order valence-electron chi connectivity index (χ3n) is 3.66. The van der Waals surface area contributed by atoms with Gasteiger partial charge in [-0.25, -0.2) is 4.39 Å². The van der Waals surface area contributed by atoms with E-state index in [2.05, 4.69) is 33.4 Å². The summed E-state index contributed by atoms with van der Waals surface area (Å²) in [7, 11) is 0. The molecule has 0 bridgehead atoms. The molecule has 6 heteroatoms. The fraction of sp³-hybridized carbons (Fsp3) is 0.0952. The predicted molar refractivity (Wildman–Crippen MR) is 111 cm³/mol. The monoisotopic (exact) mass is 445 g/mol. The minimum Gasteiger partial charge on any atom is -0.493 e. The molecule has 0 aromatic heterocycles. The van der Waals surface area contributed by atoms with Gasteiger partial charge in [-0.15, -0.1) is 11.8 Å². The van der Waals surface area contributed by atoms with Crippen LogP contribution in [0.15, 0.2) is 82.2 Å². The summed E-state index contributed by atoms with van der Waals surface area (Å²) in [6.07, 6.45) is 0. The second-order valence-corrected chi connectivity index (χ2v) is 7.70. The van der Waals surface area contributed by atoms with Gasteiger partial charge in [-0.1, -0.05) is 34.1 Å². The highest BCUT2D eigenvalue weighted by molar-refractivity contribution is 9.10. The van der Waals surface area contributed by atoms with Crippen LogP contribution in [0.25, 0.3) is 0 Å². The molecule has 0 heterocycles. The van der Waals surface area contributed by atoms with Gasteiger partial charge in [-0.05, 0) is 54.6 Å². The summed E-state index contributed by atoms with van der Waals surface area (Å²) in [5.41, 5.74) is 0.574. The smallest absolute Gasteiger partial charge is 0.255 e. The maximum atomic E-state index is 13.8. The molecule has 27 heavy (non-hydrogen) atoms. The Morgan fingerprint density at radius 3 is 2.48 bits per heavy atom. The van der Waals surface area contributed by atoms with Crippen LogP contribution in [0.1, 0.15) is 10.4 Å². The van der Waals surface area contributed by atoms with Crippen molar-refractivity contribution in [1.82, 2.24) is 0 Å². The Balaban J connectivity index is 1.49. The number of benzene rings is 3. The van der Waals surface area contributed by atoms with E-state index in [1.54, 1.807) is 42.1 Å². The van der Waals surface area contributed by atoms with Crippen molar-refractivity contribution in [2.45, 2.75) is 4.90 Å². The van der Waals surface area contributed by atoms with Gasteiger partial charge >= 0.3 is 0 Å². The summed E-state index contributed by atoms with van der Waals surface area (Å²) >= 11 is 4.91. The lowest BCUT2D eigenvalue weighted by Crippen LogP contribution is -2.13. The number of carbonyl (C=O) groups is 1. The zero-order valence-corrected chi connectivity index (χ0v) is 16.7. The van der Waals surface area contributed by atoms with Crippen molar-refractivity contribution < 1.29 is 13.9 Å². The second kappa shape index (κ2) is 9.58. The van der Waals surface area contributed by atoms with Crippen molar-refractivity contribution >= 4 is 39.3 Å². The molecule has 0 radical (unpaired) electrons. The molecule has 3 aromatic rings. The first-order chi connectivity index (χ1) is 13.1. The number of hydrogen-bond donors (Lipinski definition) is 1. The first kappa shape index (κ1) is 19.5. The second-order valence-electron chi connectivity index (χ2n) is 5.61. The Morgan fingerprint density at radius 1 is 1.04 bits per heavy atom. The van der Waals surface area contributed by atoms with Gasteiger partial charge < -0.3 is 10.1 Å². The minimum absolute atomic E-state index is 0.140. The maximum Gasteiger partial charge on any atom is 0.255 e.